The lowest BCUT2D eigenvalue weighted by molar-refractivity contribution is 0.0946. The Balaban J connectivity index is 2.02. The third-order valence-electron chi connectivity index (χ3n) is 3.36. The summed E-state index contributed by atoms with van der Waals surface area (Å²) in [5.41, 5.74) is 3.28. The van der Waals surface area contributed by atoms with Crippen molar-refractivity contribution in [2.75, 3.05) is 6.54 Å². The largest absolute Gasteiger partial charge is 0.350 e. The standard InChI is InChI=1S/C15H21N5O/c1-9-6-10(2)20(19-9)11(3)7-17-15(21)14-8-16-13(5)18-12(14)4/h6,8,11H,7H2,1-5H3,(H,17,21). The van der Waals surface area contributed by atoms with Crippen molar-refractivity contribution < 1.29 is 4.79 Å². The first-order valence-corrected chi connectivity index (χ1v) is 6.99. The molecule has 1 N–H and O–H groups in total. The maximum atomic E-state index is 12.2. The van der Waals surface area contributed by atoms with E-state index in [2.05, 4.69) is 20.4 Å². The zero-order chi connectivity index (χ0) is 15.6. The molecule has 1 unspecified atom stereocenters. The van der Waals surface area contributed by atoms with Gasteiger partial charge in [0.25, 0.3) is 5.91 Å². The highest BCUT2D eigenvalue weighted by molar-refractivity contribution is 5.94. The summed E-state index contributed by atoms with van der Waals surface area (Å²) in [6.07, 6.45) is 1.57. The Labute approximate surface area is 124 Å². The SMILES string of the molecule is Cc1cc(C)n(C(C)CNC(=O)c2cnc(C)nc2C)n1. The molecule has 0 saturated heterocycles. The molecule has 0 spiro atoms. The molecule has 1 amide bonds. The molecule has 0 aliphatic carbocycles. The summed E-state index contributed by atoms with van der Waals surface area (Å²) in [5.74, 6) is 0.515. The van der Waals surface area contributed by atoms with Gasteiger partial charge in [-0.15, -0.1) is 0 Å². The van der Waals surface area contributed by atoms with Crippen molar-refractivity contribution >= 4 is 5.91 Å². The number of hydrogen-bond donors (Lipinski definition) is 1. The number of carbonyl (C=O) groups excluding carboxylic acids is 1. The molecular weight excluding hydrogens is 266 g/mol. The highest BCUT2D eigenvalue weighted by Gasteiger charge is 2.14. The number of rotatable bonds is 4. The Morgan fingerprint density at radius 3 is 2.62 bits per heavy atom. The van der Waals surface area contributed by atoms with Crippen molar-refractivity contribution in [2.24, 2.45) is 0 Å². The molecule has 2 heterocycles. The van der Waals surface area contributed by atoms with Gasteiger partial charge in [-0.25, -0.2) is 9.97 Å². The molecule has 0 aromatic carbocycles. The van der Waals surface area contributed by atoms with Crippen LogP contribution in [0.25, 0.3) is 0 Å². The summed E-state index contributed by atoms with van der Waals surface area (Å²) < 4.78 is 1.92. The zero-order valence-electron chi connectivity index (χ0n) is 13.1. The monoisotopic (exact) mass is 287 g/mol. The smallest absolute Gasteiger partial charge is 0.254 e. The van der Waals surface area contributed by atoms with Crippen LogP contribution in [0.5, 0.6) is 0 Å². The number of carbonyl (C=O) groups is 1. The van der Waals surface area contributed by atoms with Gasteiger partial charge in [0, 0.05) is 18.4 Å². The molecule has 1 atom stereocenters. The first-order chi connectivity index (χ1) is 9.88. The van der Waals surface area contributed by atoms with E-state index in [0.29, 0.717) is 23.6 Å². The van der Waals surface area contributed by atoms with Gasteiger partial charge in [0.2, 0.25) is 0 Å². The molecule has 0 bridgehead atoms. The van der Waals surface area contributed by atoms with Crippen LogP contribution in [0.15, 0.2) is 12.3 Å². The Morgan fingerprint density at radius 2 is 2.05 bits per heavy atom. The summed E-state index contributed by atoms with van der Waals surface area (Å²) >= 11 is 0. The van der Waals surface area contributed by atoms with Crippen molar-refractivity contribution in [3.63, 3.8) is 0 Å². The van der Waals surface area contributed by atoms with Crippen molar-refractivity contribution in [1.29, 1.82) is 0 Å². The van der Waals surface area contributed by atoms with E-state index in [4.69, 9.17) is 0 Å². The van der Waals surface area contributed by atoms with E-state index in [-0.39, 0.29) is 11.9 Å². The molecule has 112 valence electrons. The topological polar surface area (TPSA) is 72.7 Å². The molecule has 6 heteroatoms. The number of amides is 1. The average molecular weight is 287 g/mol. The minimum atomic E-state index is -0.152. The van der Waals surface area contributed by atoms with Crippen LogP contribution >= 0.6 is 0 Å². The summed E-state index contributed by atoms with van der Waals surface area (Å²) in [4.78, 5) is 20.5. The fourth-order valence-corrected chi connectivity index (χ4v) is 2.32. The van der Waals surface area contributed by atoms with E-state index in [1.54, 1.807) is 13.1 Å². The number of aromatic nitrogens is 4. The van der Waals surface area contributed by atoms with Gasteiger partial charge < -0.3 is 5.32 Å². The minimum Gasteiger partial charge on any atom is -0.350 e. The first-order valence-electron chi connectivity index (χ1n) is 6.99. The van der Waals surface area contributed by atoms with Crippen LogP contribution in [-0.2, 0) is 0 Å². The van der Waals surface area contributed by atoms with Crippen molar-refractivity contribution in [2.45, 2.75) is 40.7 Å². The molecule has 0 aliphatic heterocycles. The second-order valence-corrected chi connectivity index (χ2v) is 5.35. The molecule has 0 fully saturated rings. The molecule has 21 heavy (non-hydrogen) atoms. The first kappa shape index (κ1) is 15.2. The Hall–Kier alpha value is -2.24. The number of hydrogen-bond acceptors (Lipinski definition) is 4. The molecule has 2 rings (SSSR count). The summed E-state index contributed by atoms with van der Waals surface area (Å²) in [6.45, 7) is 10.1. The highest BCUT2D eigenvalue weighted by atomic mass is 16.1. The van der Waals surface area contributed by atoms with Gasteiger partial charge in [-0.1, -0.05) is 0 Å². The molecular formula is C15H21N5O. The highest BCUT2D eigenvalue weighted by Crippen LogP contribution is 2.10. The van der Waals surface area contributed by atoms with Crippen molar-refractivity contribution in [3.8, 4) is 0 Å². The second-order valence-electron chi connectivity index (χ2n) is 5.35. The maximum absolute atomic E-state index is 12.2. The number of nitrogens with one attached hydrogen (secondary N) is 1. The van der Waals surface area contributed by atoms with E-state index in [1.165, 1.54) is 0 Å². The molecule has 2 aromatic heterocycles. The van der Waals surface area contributed by atoms with Crippen molar-refractivity contribution in [3.05, 3.63) is 40.7 Å². The van der Waals surface area contributed by atoms with Gasteiger partial charge in [-0.2, -0.15) is 5.10 Å². The van der Waals surface area contributed by atoms with Gasteiger partial charge in [-0.05, 0) is 40.7 Å². The quantitative estimate of drug-likeness (QED) is 0.932. The molecule has 2 aromatic rings. The van der Waals surface area contributed by atoms with Gasteiger partial charge in [-0.3, -0.25) is 9.48 Å². The predicted octanol–water partition coefficient (Wildman–Crippen LogP) is 1.90. The van der Waals surface area contributed by atoms with Crippen LogP contribution in [0.4, 0.5) is 0 Å². The van der Waals surface area contributed by atoms with Gasteiger partial charge in [0.05, 0.1) is 23.0 Å². The lowest BCUT2D eigenvalue weighted by Crippen LogP contribution is -2.31. The van der Waals surface area contributed by atoms with E-state index in [1.807, 2.05) is 38.4 Å². The van der Waals surface area contributed by atoms with E-state index < -0.39 is 0 Å². The van der Waals surface area contributed by atoms with Crippen LogP contribution in [0.2, 0.25) is 0 Å². The molecule has 0 aliphatic rings. The van der Waals surface area contributed by atoms with Gasteiger partial charge in [0.15, 0.2) is 0 Å². The third kappa shape index (κ3) is 3.45. The summed E-state index contributed by atoms with van der Waals surface area (Å²) in [7, 11) is 0. The number of aryl methyl sites for hydroxylation is 4. The average Bonchev–Trinajstić information content (AvgIpc) is 2.74. The fourth-order valence-electron chi connectivity index (χ4n) is 2.32. The minimum absolute atomic E-state index is 0.0920. The van der Waals surface area contributed by atoms with Crippen molar-refractivity contribution in [1.82, 2.24) is 25.1 Å². The third-order valence-corrected chi connectivity index (χ3v) is 3.36. The van der Waals surface area contributed by atoms with Gasteiger partial charge in [0.1, 0.15) is 5.82 Å². The van der Waals surface area contributed by atoms with Crippen LogP contribution in [-0.4, -0.2) is 32.2 Å². The van der Waals surface area contributed by atoms with Gasteiger partial charge >= 0.3 is 0 Å². The Morgan fingerprint density at radius 1 is 1.33 bits per heavy atom. The molecule has 0 saturated carbocycles. The normalized spacial score (nSPS) is 12.2. The second kappa shape index (κ2) is 6.03. The van der Waals surface area contributed by atoms with E-state index in [0.717, 1.165) is 11.4 Å². The molecule has 0 radical (unpaired) electrons. The predicted molar refractivity (Wildman–Crippen MR) is 80.3 cm³/mol. The van der Waals surface area contributed by atoms with E-state index >= 15 is 0 Å². The summed E-state index contributed by atoms with van der Waals surface area (Å²) in [5, 5.41) is 7.34. The van der Waals surface area contributed by atoms with E-state index in [9.17, 15) is 4.79 Å². The lowest BCUT2D eigenvalue weighted by atomic mass is 10.2. The lowest BCUT2D eigenvalue weighted by Gasteiger charge is -2.15. The van der Waals surface area contributed by atoms with Crippen LogP contribution in [0.3, 0.4) is 0 Å². The fraction of sp³-hybridized carbons (Fsp3) is 0.467. The zero-order valence-corrected chi connectivity index (χ0v) is 13.1. The Bertz CT molecular complexity index is 662. The Kier molecular flexibility index (Phi) is 4.35. The summed E-state index contributed by atoms with van der Waals surface area (Å²) in [6, 6.07) is 2.12. The molecule has 6 nitrogen and oxygen atoms in total. The maximum Gasteiger partial charge on any atom is 0.254 e. The van der Waals surface area contributed by atoms with Crippen LogP contribution in [0, 0.1) is 27.7 Å². The van der Waals surface area contributed by atoms with Crippen LogP contribution in [0.1, 0.15) is 46.2 Å². The number of nitrogens with zero attached hydrogens (tertiary/aromatic N) is 4. The van der Waals surface area contributed by atoms with Crippen LogP contribution < -0.4 is 5.32 Å².